The van der Waals surface area contributed by atoms with Crippen LogP contribution < -0.4 is 5.73 Å². The third-order valence-electron chi connectivity index (χ3n) is 2.34. The molecule has 3 N–H and O–H groups in total. The lowest BCUT2D eigenvalue weighted by atomic mass is 10.4. The topological polar surface area (TPSA) is 96.0 Å². The van der Waals surface area contributed by atoms with Crippen molar-refractivity contribution >= 4 is 27.5 Å². The van der Waals surface area contributed by atoms with Crippen molar-refractivity contribution in [1.29, 1.82) is 0 Å². The van der Waals surface area contributed by atoms with Gasteiger partial charge in [0.1, 0.15) is 10.7 Å². The zero-order valence-corrected chi connectivity index (χ0v) is 11.3. The zero-order chi connectivity index (χ0) is 13.8. The van der Waals surface area contributed by atoms with Crippen LogP contribution >= 0.6 is 11.6 Å². The number of hydrogen-bond donors (Lipinski definition) is 2. The van der Waals surface area contributed by atoms with Crippen molar-refractivity contribution < 1.29 is 13.6 Å². The van der Waals surface area contributed by atoms with Crippen LogP contribution in [0.2, 0.25) is 5.02 Å². The molecule has 0 aliphatic rings. The van der Waals surface area contributed by atoms with Gasteiger partial charge in [-0.15, -0.1) is 0 Å². The van der Waals surface area contributed by atoms with Crippen LogP contribution in [0.4, 0.5) is 0 Å². The Morgan fingerprint density at radius 3 is 2.67 bits per heavy atom. The summed E-state index contributed by atoms with van der Waals surface area (Å²) in [6.45, 7) is 0.101. The minimum atomic E-state index is -3.66. The van der Waals surface area contributed by atoms with E-state index in [-0.39, 0.29) is 28.7 Å². The molecule has 0 saturated carbocycles. The van der Waals surface area contributed by atoms with Crippen molar-refractivity contribution in [2.75, 3.05) is 13.6 Å². The average Bonchev–Trinajstić information content (AvgIpc) is 2.35. The van der Waals surface area contributed by atoms with Crippen molar-refractivity contribution in [2.45, 2.75) is 11.3 Å². The predicted molar refractivity (Wildman–Crippen MR) is 69.3 cm³/mol. The third kappa shape index (κ3) is 3.34. The first kappa shape index (κ1) is 14.7. The number of nitrogens with zero attached hydrogens (tertiary/aromatic N) is 2. The van der Waals surface area contributed by atoms with Gasteiger partial charge in [0, 0.05) is 20.0 Å². The average molecular weight is 292 g/mol. The van der Waals surface area contributed by atoms with E-state index in [1.165, 1.54) is 19.2 Å². The molecule has 6 nitrogen and oxygen atoms in total. The Bertz CT molecular complexity index is 545. The standard InChI is InChI=1S/C10H14ClN3O3S/c1-14(7-6-10(12)13-15)18(16,17)9-5-3-2-4-8(9)11/h2-5,15H,6-7H2,1H3,(H2,12,13). The largest absolute Gasteiger partial charge is 0.409 e. The summed E-state index contributed by atoms with van der Waals surface area (Å²) in [7, 11) is -2.26. The molecule has 0 bridgehead atoms. The van der Waals surface area contributed by atoms with E-state index in [1.54, 1.807) is 12.1 Å². The number of sulfonamides is 1. The molecule has 0 saturated heterocycles. The SMILES string of the molecule is CN(CC/C(N)=N/O)S(=O)(=O)c1ccccc1Cl. The molecular formula is C10H14ClN3O3S. The van der Waals surface area contributed by atoms with Gasteiger partial charge in [0.25, 0.3) is 0 Å². The maximum absolute atomic E-state index is 12.2. The molecule has 0 heterocycles. The van der Waals surface area contributed by atoms with E-state index < -0.39 is 10.0 Å². The van der Waals surface area contributed by atoms with Crippen LogP contribution in [0.15, 0.2) is 34.3 Å². The number of benzene rings is 1. The molecule has 0 spiro atoms. The van der Waals surface area contributed by atoms with E-state index in [0.717, 1.165) is 4.31 Å². The molecular weight excluding hydrogens is 278 g/mol. The van der Waals surface area contributed by atoms with E-state index >= 15 is 0 Å². The van der Waals surface area contributed by atoms with Gasteiger partial charge < -0.3 is 10.9 Å². The number of oxime groups is 1. The van der Waals surface area contributed by atoms with E-state index in [0.29, 0.717) is 0 Å². The van der Waals surface area contributed by atoms with Gasteiger partial charge in [0.15, 0.2) is 0 Å². The molecule has 1 aromatic rings. The number of nitrogens with two attached hydrogens (primary N) is 1. The minimum Gasteiger partial charge on any atom is -0.409 e. The van der Waals surface area contributed by atoms with Crippen molar-refractivity contribution in [3.05, 3.63) is 29.3 Å². The van der Waals surface area contributed by atoms with Crippen molar-refractivity contribution in [3.8, 4) is 0 Å². The Labute approximate surface area is 111 Å². The summed E-state index contributed by atoms with van der Waals surface area (Å²) in [5, 5.41) is 11.3. The highest BCUT2D eigenvalue weighted by Gasteiger charge is 2.22. The van der Waals surface area contributed by atoms with Gasteiger partial charge in [-0.2, -0.15) is 0 Å². The first-order chi connectivity index (χ1) is 8.39. The lowest BCUT2D eigenvalue weighted by Crippen LogP contribution is -2.30. The number of rotatable bonds is 5. The summed E-state index contributed by atoms with van der Waals surface area (Å²) in [5.41, 5.74) is 5.29. The van der Waals surface area contributed by atoms with Crippen LogP contribution in [0.3, 0.4) is 0 Å². The molecule has 0 aliphatic heterocycles. The summed E-state index contributed by atoms with van der Waals surface area (Å²) in [6, 6.07) is 6.18. The zero-order valence-electron chi connectivity index (χ0n) is 9.75. The second-order valence-corrected chi connectivity index (χ2v) is 6.02. The molecule has 0 atom stereocenters. The van der Waals surface area contributed by atoms with Crippen LogP contribution in [0.5, 0.6) is 0 Å². The summed E-state index contributed by atoms with van der Waals surface area (Å²) >= 11 is 5.85. The molecule has 100 valence electrons. The molecule has 0 amide bonds. The van der Waals surface area contributed by atoms with Crippen molar-refractivity contribution in [1.82, 2.24) is 4.31 Å². The fourth-order valence-corrected chi connectivity index (χ4v) is 2.92. The van der Waals surface area contributed by atoms with Gasteiger partial charge in [-0.3, -0.25) is 0 Å². The highest BCUT2D eigenvalue weighted by atomic mass is 35.5. The fourth-order valence-electron chi connectivity index (χ4n) is 1.26. The molecule has 0 aromatic heterocycles. The van der Waals surface area contributed by atoms with E-state index in [4.69, 9.17) is 22.5 Å². The first-order valence-corrected chi connectivity index (χ1v) is 6.88. The lowest BCUT2D eigenvalue weighted by molar-refractivity contribution is 0.316. The smallest absolute Gasteiger partial charge is 0.244 e. The quantitative estimate of drug-likeness (QED) is 0.367. The fraction of sp³-hybridized carbons (Fsp3) is 0.300. The molecule has 1 rings (SSSR count). The van der Waals surface area contributed by atoms with Crippen LogP contribution in [0.25, 0.3) is 0 Å². The number of amidine groups is 1. The first-order valence-electron chi connectivity index (χ1n) is 5.07. The molecule has 0 unspecified atom stereocenters. The summed E-state index contributed by atoms with van der Waals surface area (Å²) in [5.74, 6) is -0.0313. The van der Waals surface area contributed by atoms with Gasteiger partial charge in [-0.05, 0) is 12.1 Å². The van der Waals surface area contributed by atoms with Crippen LogP contribution in [0.1, 0.15) is 6.42 Å². The van der Waals surface area contributed by atoms with Crippen molar-refractivity contribution in [2.24, 2.45) is 10.9 Å². The number of hydrogen-bond acceptors (Lipinski definition) is 4. The Balaban J connectivity index is 2.91. The molecule has 1 aromatic carbocycles. The maximum Gasteiger partial charge on any atom is 0.244 e. The predicted octanol–water partition coefficient (Wildman–Crippen LogP) is 1.10. The summed E-state index contributed by atoms with van der Waals surface area (Å²) in [6.07, 6.45) is 0.136. The maximum atomic E-state index is 12.2. The normalized spacial score (nSPS) is 12.9. The van der Waals surface area contributed by atoms with Crippen LogP contribution in [-0.4, -0.2) is 37.4 Å². The van der Waals surface area contributed by atoms with Crippen LogP contribution in [-0.2, 0) is 10.0 Å². The van der Waals surface area contributed by atoms with Gasteiger partial charge in [-0.1, -0.05) is 28.9 Å². The molecule has 18 heavy (non-hydrogen) atoms. The van der Waals surface area contributed by atoms with E-state index in [1.807, 2.05) is 0 Å². The van der Waals surface area contributed by atoms with E-state index in [2.05, 4.69) is 5.16 Å². The van der Waals surface area contributed by atoms with Gasteiger partial charge >= 0.3 is 0 Å². The highest BCUT2D eigenvalue weighted by molar-refractivity contribution is 7.89. The minimum absolute atomic E-state index is 0.0313. The Morgan fingerprint density at radius 2 is 2.11 bits per heavy atom. The van der Waals surface area contributed by atoms with E-state index in [9.17, 15) is 8.42 Å². The molecule has 0 fully saturated rings. The highest BCUT2D eigenvalue weighted by Crippen LogP contribution is 2.23. The monoisotopic (exact) mass is 291 g/mol. The lowest BCUT2D eigenvalue weighted by Gasteiger charge is -2.17. The molecule has 0 radical (unpaired) electrons. The Hall–Kier alpha value is -1.31. The van der Waals surface area contributed by atoms with Crippen molar-refractivity contribution in [3.63, 3.8) is 0 Å². The Kier molecular flexibility index (Phi) is 4.94. The van der Waals surface area contributed by atoms with Crippen LogP contribution in [0, 0.1) is 0 Å². The molecule has 0 aliphatic carbocycles. The summed E-state index contributed by atoms with van der Waals surface area (Å²) in [4.78, 5) is 0.0358. The van der Waals surface area contributed by atoms with Gasteiger partial charge in [0.05, 0.1) is 5.02 Å². The second kappa shape index (κ2) is 6.03. The van der Waals surface area contributed by atoms with Gasteiger partial charge in [-0.25, -0.2) is 12.7 Å². The Morgan fingerprint density at radius 1 is 1.50 bits per heavy atom. The second-order valence-electron chi connectivity index (χ2n) is 3.60. The van der Waals surface area contributed by atoms with Gasteiger partial charge in [0.2, 0.25) is 10.0 Å². The third-order valence-corrected chi connectivity index (χ3v) is 4.69. The summed E-state index contributed by atoms with van der Waals surface area (Å²) < 4.78 is 25.4. The molecule has 8 heteroatoms. The number of halogens is 1.